The van der Waals surface area contributed by atoms with Crippen LogP contribution in [0.2, 0.25) is 0 Å². The lowest BCUT2D eigenvalue weighted by atomic mass is 9.86. The van der Waals surface area contributed by atoms with E-state index in [1.165, 1.54) is 22.3 Å². The molecule has 0 heterocycles. The van der Waals surface area contributed by atoms with Gasteiger partial charge in [-0.1, -0.05) is 48.5 Å². The number of carboxylic acids is 1. The second-order valence-electron chi connectivity index (χ2n) is 9.16. The number of carbonyl (C=O) groups excluding carboxylic acids is 2. The fourth-order valence-electron chi connectivity index (χ4n) is 5.03. The molecule has 7 heteroatoms. The Hall–Kier alpha value is -3.35. The molecule has 34 heavy (non-hydrogen) atoms. The van der Waals surface area contributed by atoms with Gasteiger partial charge in [0.15, 0.2) is 0 Å². The summed E-state index contributed by atoms with van der Waals surface area (Å²) in [6, 6.07) is 16.5. The number of carboxylic acid groups (broad SMARTS) is 1. The van der Waals surface area contributed by atoms with E-state index in [0.29, 0.717) is 51.5 Å². The van der Waals surface area contributed by atoms with Crippen LogP contribution in [0.25, 0.3) is 11.1 Å². The summed E-state index contributed by atoms with van der Waals surface area (Å²) in [4.78, 5) is 35.4. The number of alkyl carbamates (subject to hydrolysis) is 1. The van der Waals surface area contributed by atoms with Crippen molar-refractivity contribution in [1.29, 1.82) is 0 Å². The van der Waals surface area contributed by atoms with Crippen LogP contribution < -0.4 is 10.6 Å². The average Bonchev–Trinajstić information content (AvgIpc) is 3.16. The highest BCUT2D eigenvalue weighted by molar-refractivity contribution is 5.79. The molecule has 2 aromatic rings. The summed E-state index contributed by atoms with van der Waals surface area (Å²) in [6.07, 6.45) is 3.96. The van der Waals surface area contributed by atoms with Crippen LogP contribution in [-0.2, 0) is 14.3 Å². The molecule has 1 saturated carbocycles. The van der Waals surface area contributed by atoms with Gasteiger partial charge >= 0.3 is 12.1 Å². The summed E-state index contributed by atoms with van der Waals surface area (Å²) < 4.78 is 5.52. The van der Waals surface area contributed by atoms with Crippen molar-refractivity contribution in [1.82, 2.24) is 10.6 Å². The van der Waals surface area contributed by atoms with E-state index in [-0.39, 0.29) is 30.4 Å². The molecule has 0 unspecified atom stereocenters. The summed E-state index contributed by atoms with van der Waals surface area (Å²) in [5.74, 6) is -1.00. The largest absolute Gasteiger partial charge is 0.481 e. The van der Waals surface area contributed by atoms with E-state index in [1.807, 2.05) is 24.3 Å². The zero-order valence-electron chi connectivity index (χ0n) is 19.3. The third kappa shape index (κ3) is 5.76. The molecule has 0 aliphatic heterocycles. The molecule has 0 saturated heterocycles. The molecule has 180 valence electrons. The molecular formula is C27H32N2O5. The molecule has 1 fully saturated rings. The fraction of sp³-hybridized carbons (Fsp3) is 0.444. The number of benzene rings is 2. The van der Waals surface area contributed by atoms with Crippen molar-refractivity contribution in [3.05, 3.63) is 59.7 Å². The summed E-state index contributed by atoms with van der Waals surface area (Å²) in [5.41, 5.74) is 4.75. The van der Waals surface area contributed by atoms with E-state index in [1.54, 1.807) is 0 Å². The molecule has 2 aromatic carbocycles. The van der Waals surface area contributed by atoms with Gasteiger partial charge < -0.3 is 20.5 Å². The molecule has 0 spiro atoms. The lowest BCUT2D eigenvalue weighted by Crippen LogP contribution is -2.38. The van der Waals surface area contributed by atoms with E-state index in [4.69, 9.17) is 9.84 Å². The number of fused-ring (bicyclic) bond motifs is 3. The zero-order chi connectivity index (χ0) is 23.9. The number of hydrogen-bond donors (Lipinski definition) is 3. The molecule has 3 N–H and O–H groups in total. The summed E-state index contributed by atoms with van der Waals surface area (Å²) >= 11 is 0. The fourth-order valence-corrected chi connectivity index (χ4v) is 5.03. The minimum atomic E-state index is -0.742. The Morgan fingerprint density at radius 1 is 0.882 bits per heavy atom. The molecule has 2 aliphatic rings. The van der Waals surface area contributed by atoms with Crippen LogP contribution in [0, 0.1) is 5.92 Å². The minimum absolute atomic E-state index is 0.0140. The smallest absolute Gasteiger partial charge is 0.407 e. The van der Waals surface area contributed by atoms with Crippen molar-refractivity contribution in [2.24, 2.45) is 5.92 Å². The molecule has 0 bridgehead atoms. The van der Waals surface area contributed by atoms with Crippen molar-refractivity contribution < 1.29 is 24.2 Å². The van der Waals surface area contributed by atoms with Crippen LogP contribution in [0.1, 0.15) is 62.0 Å². The predicted octanol–water partition coefficient (Wildman–Crippen LogP) is 4.46. The maximum atomic E-state index is 12.2. The van der Waals surface area contributed by atoms with Crippen LogP contribution in [0.3, 0.4) is 0 Å². The highest BCUT2D eigenvalue weighted by atomic mass is 16.5. The summed E-state index contributed by atoms with van der Waals surface area (Å²) in [6.45, 7) is 0.736. The van der Waals surface area contributed by atoms with Crippen LogP contribution in [0.4, 0.5) is 4.79 Å². The molecule has 0 atom stereocenters. The van der Waals surface area contributed by atoms with Gasteiger partial charge in [-0.05, 0) is 60.8 Å². The van der Waals surface area contributed by atoms with Crippen molar-refractivity contribution in [2.75, 3.05) is 13.2 Å². The van der Waals surface area contributed by atoms with Gasteiger partial charge in [-0.2, -0.15) is 0 Å². The average molecular weight is 465 g/mol. The molecule has 0 radical (unpaired) electrons. The maximum Gasteiger partial charge on any atom is 0.407 e. The van der Waals surface area contributed by atoms with E-state index in [2.05, 4.69) is 34.9 Å². The Labute approximate surface area is 199 Å². The number of ether oxygens (including phenoxy) is 1. The standard InChI is InChI=1S/C27H32N2O5/c30-25(29-19-14-12-18(13-15-19)26(31)32)11-5-6-16-28-27(33)34-17-24-22-9-3-1-7-20(22)21-8-2-4-10-23(21)24/h1-4,7-10,18-19,24H,5-6,11-17H2,(H,28,33)(H,29,30)(H,31,32). The lowest BCUT2D eigenvalue weighted by molar-refractivity contribution is -0.142. The molecular weight excluding hydrogens is 432 g/mol. The third-order valence-corrected chi connectivity index (χ3v) is 6.89. The van der Waals surface area contributed by atoms with E-state index in [0.717, 1.165) is 0 Å². The third-order valence-electron chi connectivity index (χ3n) is 6.89. The van der Waals surface area contributed by atoms with Gasteiger partial charge in [0.25, 0.3) is 0 Å². The molecule has 2 amide bonds. The van der Waals surface area contributed by atoms with Gasteiger partial charge in [0.2, 0.25) is 5.91 Å². The maximum absolute atomic E-state index is 12.2. The molecule has 4 rings (SSSR count). The predicted molar refractivity (Wildman–Crippen MR) is 128 cm³/mol. The second-order valence-corrected chi connectivity index (χ2v) is 9.16. The first-order valence-corrected chi connectivity index (χ1v) is 12.1. The van der Waals surface area contributed by atoms with Gasteiger partial charge in [-0.15, -0.1) is 0 Å². The van der Waals surface area contributed by atoms with Crippen molar-refractivity contribution >= 4 is 18.0 Å². The quantitative estimate of drug-likeness (QED) is 0.476. The number of amides is 2. The topological polar surface area (TPSA) is 105 Å². The summed E-state index contributed by atoms with van der Waals surface area (Å²) in [7, 11) is 0. The van der Waals surface area contributed by atoms with Crippen molar-refractivity contribution in [2.45, 2.75) is 56.9 Å². The monoisotopic (exact) mass is 464 g/mol. The number of unbranched alkanes of at least 4 members (excludes halogenated alkanes) is 1. The van der Waals surface area contributed by atoms with E-state index in [9.17, 15) is 14.4 Å². The highest BCUT2D eigenvalue weighted by Gasteiger charge is 2.29. The van der Waals surface area contributed by atoms with Gasteiger partial charge in [0.1, 0.15) is 6.61 Å². The van der Waals surface area contributed by atoms with Gasteiger partial charge in [-0.3, -0.25) is 9.59 Å². The summed E-state index contributed by atoms with van der Waals surface area (Å²) in [5, 5.41) is 14.8. The molecule has 0 aromatic heterocycles. The van der Waals surface area contributed by atoms with Crippen molar-refractivity contribution in [3.63, 3.8) is 0 Å². The van der Waals surface area contributed by atoms with Crippen LogP contribution in [0.15, 0.2) is 48.5 Å². The Kier molecular flexibility index (Phi) is 7.83. The van der Waals surface area contributed by atoms with Gasteiger partial charge in [-0.25, -0.2) is 4.79 Å². The number of rotatable bonds is 9. The zero-order valence-corrected chi connectivity index (χ0v) is 19.3. The lowest BCUT2D eigenvalue weighted by Gasteiger charge is -2.26. The van der Waals surface area contributed by atoms with Crippen LogP contribution in [-0.4, -0.2) is 42.3 Å². The van der Waals surface area contributed by atoms with Crippen LogP contribution >= 0.6 is 0 Å². The van der Waals surface area contributed by atoms with E-state index < -0.39 is 12.1 Å². The normalized spacial score (nSPS) is 19.1. The number of hydrogen-bond acceptors (Lipinski definition) is 4. The first-order chi connectivity index (χ1) is 16.5. The Bertz CT molecular complexity index is 984. The molecule has 2 aliphatic carbocycles. The number of carbonyl (C=O) groups is 3. The first kappa shape index (κ1) is 23.8. The SMILES string of the molecule is O=C(CCCCNC(=O)OCC1c2ccccc2-c2ccccc21)NC1CCC(C(=O)O)CC1. The molecule has 7 nitrogen and oxygen atoms in total. The first-order valence-electron chi connectivity index (χ1n) is 12.1. The van der Waals surface area contributed by atoms with Gasteiger partial charge in [0.05, 0.1) is 5.92 Å². The number of aliphatic carboxylic acids is 1. The second kappa shape index (κ2) is 11.2. The number of nitrogens with one attached hydrogen (secondary N) is 2. The van der Waals surface area contributed by atoms with Crippen molar-refractivity contribution in [3.8, 4) is 11.1 Å². The van der Waals surface area contributed by atoms with Crippen LogP contribution in [0.5, 0.6) is 0 Å². The van der Waals surface area contributed by atoms with Gasteiger partial charge in [0, 0.05) is 24.9 Å². The highest BCUT2D eigenvalue weighted by Crippen LogP contribution is 2.44. The minimum Gasteiger partial charge on any atom is -0.481 e. The van der Waals surface area contributed by atoms with E-state index >= 15 is 0 Å². The Balaban J connectivity index is 1.12. The Morgan fingerprint density at radius 2 is 1.50 bits per heavy atom. The Morgan fingerprint density at radius 3 is 2.12 bits per heavy atom.